The van der Waals surface area contributed by atoms with Gasteiger partial charge < -0.3 is 14.7 Å². The molecule has 0 heterocycles. The minimum atomic E-state index is -0.841. The summed E-state index contributed by atoms with van der Waals surface area (Å²) in [5.74, 6) is 1.95. The van der Waals surface area contributed by atoms with Crippen LogP contribution in [0.4, 0.5) is 4.79 Å². The largest absolute Gasteiger partial charge is 0.393 e. The van der Waals surface area contributed by atoms with Crippen molar-refractivity contribution in [1.29, 1.82) is 0 Å². The van der Waals surface area contributed by atoms with Gasteiger partial charge in [0.15, 0.2) is 5.78 Å². The number of allylic oxidation sites excluding steroid dienone is 4. The molecule has 6 nitrogen and oxygen atoms in total. The fourth-order valence-electron chi connectivity index (χ4n) is 7.69. The average Bonchev–Trinajstić information content (AvgIpc) is 3.17. The van der Waals surface area contributed by atoms with Gasteiger partial charge in [-0.2, -0.15) is 0 Å². The predicted molar refractivity (Wildman–Crippen MR) is 150 cm³/mol. The topological polar surface area (TPSA) is 85.2 Å². The van der Waals surface area contributed by atoms with E-state index in [0.717, 1.165) is 62.3 Å². The maximum absolute atomic E-state index is 12.2. The Kier molecular flexibility index (Phi) is 7.99. The number of oxime groups is 1. The van der Waals surface area contributed by atoms with Crippen LogP contribution in [0.25, 0.3) is 0 Å². The Bertz CT molecular complexity index is 1170. The van der Waals surface area contributed by atoms with Gasteiger partial charge in [-0.05, 0) is 96.9 Å². The zero-order valence-corrected chi connectivity index (χ0v) is 23.5. The Morgan fingerprint density at radius 3 is 2.74 bits per heavy atom. The molecule has 1 N–H and O–H groups in total. The Morgan fingerprint density at radius 2 is 2.00 bits per heavy atom. The van der Waals surface area contributed by atoms with Crippen LogP contribution in [0.1, 0.15) is 82.3 Å². The van der Waals surface area contributed by atoms with Crippen molar-refractivity contribution >= 4 is 29.1 Å². The van der Waals surface area contributed by atoms with Crippen LogP contribution in [-0.4, -0.2) is 47.5 Å². The quantitative estimate of drug-likeness (QED) is 0.240. The van der Waals surface area contributed by atoms with Gasteiger partial charge >= 0.3 is 5.30 Å². The molecule has 1 aromatic carbocycles. The zero-order valence-electron chi connectivity index (χ0n) is 22.7. The van der Waals surface area contributed by atoms with E-state index >= 15 is 0 Å². The SMILES string of the molecule is CCCSC(=O)O/N=C/c1ccc([C@H]2C[C@@]3(C)[C@@H](CC[C@@]3(O)COC)[C@@H]3CCC4=CC(=O)CCC4=C32)cc1. The number of aliphatic hydroxyl groups is 1. The molecule has 0 radical (unpaired) electrons. The molecule has 0 unspecified atom stereocenters. The van der Waals surface area contributed by atoms with Gasteiger partial charge in [0.2, 0.25) is 0 Å². The number of ether oxygens (including phenoxy) is 1. The van der Waals surface area contributed by atoms with Crippen LogP contribution in [0.3, 0.4) is 0 Å². The van der Waals surface area contributed by atoms with Crippen LogP contribution in [0.5, 0.6) is 0 Å². The highest BCUT2D eigenvalue weighted by molar-refractivity contribution is 8.13. The number of carbonyl (C=O) groups excluding carboxylic acids is 2. The third-order valence-corrected chi connectivity index (χ3v) is 10.5. The van der Waals surface area contributed by atoms with E-state index in [1.165, 1.54) is 22.3 Å². The molecule has 204 valence electrons. The highest BCUT2D eigenvalue weighted by Gasteiger charge is 2.62. The molecule has 0 aromatic heterocycles. The number of methoxy groups -OCH3 is 1. The molecule has 5 rings (SSSR count). The van der Waals surface area contributed by atoms with E-state index in [9.17, 15) is 14.7 Å². The Balaban J connectivity index is 1.47. The monoisotopic (exact) mass is 537 g/mol. The zero-order chi connectivity index (χ0) is 26.9. The molecule has 5 atom stereocenters. The van der Waals surface area contributed by atoms with E-state index in [1.807, 2.05) is 25.1 Å². The first-order valence-corrected chi connectivity index (χ1v) is 14.9. The number of fused-ring (bicyclic) bond motifs is 4. The summed E-state index contributed by atoms with van der Waals surface area (Å²) in [6.45, 7) is 4.65. The maximum atomic E-state index is 12.2. The fourth-order valence-corrected chi connectivity index (χ4v) is 8.15. The molecule has 38 heavy (non-hydrogen) atoms. The van der Waals surface area contributed by atoms with Gasteiger partial charge in [0, 0.05) is 30.6 Å². The molecular formula is C31H39NO5S. The first-order valence-electron chi connectivity index (χ1n) is 13.9. The van der Waals surface area contributed by atoms with Crippen molar-refractivity contribution in [3.63, 3.8) is 0 Å². The molecular weight excluding hydrogens is 498 g/mol. The van der Waals surface area contributed by atoms with Gasteiger partial charge in [0.05, 0.1) is 18.4 Å². The molecule has 0 aliphatic heterocycles. The number of hydrogen-bond acceptors (Lipinski definition) is 7. The molecule has 0 bridgehead atoms. The van der Waals surface area contributed by atoms with Gasteiger partial charge in [-0.25, -0.2) is 4.79 Å². The summed E-state index contributed by atoms with van der Waals surface area (Å²) in [6, 6.07) is 8.32. The lowest BCUT2D eigenvalue weighted by Crippen LogP contribution is -2.53. The lowest BCUT2D eigenvalue weighted by Gasteiger charge is -2.54. The van der Waals surface area contributed by atoms with Crippen molar-refractivity contribution in [2.45, 2.75) is 76.7 Å². The third kappa shape index (κ3) is 4.93. The second-order valence-corrected chi connectivity index (χ2v) is 12.6. The predicted octanol–water partition coefficient (Wildman–Crippen LogP) is 6.58. The summed E-state index contributed by atoms with van der Waals surface area (Å²) in [6.07, 6.45) is 10.4. The molecule has 7 heteroatoms. The van der Waals surface area contributed by atoms with Crippen LogP contribution in [0.15, 0.2) is 52.2 Å². The van der Waals surface area contributed by atoms with Crippen LogP contribution in [0, 0.1) is 17.3 Å². The first-order chi connectivity index (χ1) is 18.3. The summed E-state index contributed by atoms with van der Waals surface area (Å²) in [7, 11) is 1.68. The number of nitrogens with zero attached hydrogens (tertiary/aromatic N) is 1. The van der Waals surface area contributed by atoms with Crippen molar-refractivity contribution in [3.05, 3.63) is 58.2 Å². The van der Waals surface area contributed by atoms with Gasteiger partial charge in [0.1, 0.15) is 0 Å². The van der Waals surface area contributed by atoms with E-state index in [1.54, 1.807) is 13.3 Å². The van der Waals surface area contributed by atoms with Crippen molar-refractivity contribution in [2.24, 2.45) is 22.4 Å². The van der Waals surface area contributed by atoms with Gasteiger partial charge in [-0.1, -0.05) is 48.8 Å². The molecule has 2 fully saturated rings. The summed E-state index contributed by atoms with van der Waals surface area (Å²) < 4.78 is 5.55. The summed E-state index contributed by atoms with van der Waals surface area (Å²) >= 11 is 1.13. The normalized spacial score (nSPS) is 32.6. The molecule has 0 amide bonds. The van der Waals surface area contributed by atoms with E-state index in [0.29, 0.717) is 30.6 Å². The molecule has 0 saturated heterocycles. The maximum Gasteiger partial charge on any atom is 0.393 e. The summed E-state index contributed by atoms with van der Waals surface area (Å²) in [5.41, 5.74) is 5.12. The van der Waals surface area contributed by atoms with Crippen molar-refractivity contribution in [3.8, 4) is 0 Å². The van der Waals surface area contributed by atoms with Crippen molar-refractivity contribution in [1.82, 2.24) is 0 Å². The Morgan fingerprint density at radius 1 is 1.21 bits per heavy atom. The highest BCUT2D eigenvalue weighted by atomic mass is 32.2. The fraction of sp³-hybridized carbons (Fsp3) is 0.581. The number of carbonyl (C=O) groups is 2. The minimum absolute atomic E-state index is 0.170. The number of rotatable bonds is 7. The Labute approximate surface area is 229 Å². The van der Waals surface area contributed by atoms with Crippen LogP contribution < -0.4 is 0 Å². The van der Waals surface area contributed by atoms with E-state index in [-0.39, 0.29) is 17.1 Å². The first kappa shape index (κ1) is 27.4. The summed E-state index contributed by atoms with van der Waals surface area (Å²) in [5, 5.41) is 15.3. The number of benzene rings is 1. The molecule has 0 spiro atoms. The lowest BCUT2D eigenvalue weighted by atomic mass is 9.51. The molecule has 1 aromatic rings. The molecule has 4 aliphatic carbocycles. The van der Waals surface area contributed by atoms with Crippen molar-refractivity contribution in [2.75, 3.05) is 19.5 Å². The number of ketones is 1. The van der Waals surface area contributed by atoms with E-state index in [4.69, 9.17) is 9.57 Å². The molecule has 4 aliphatic rings. The standard InChI is InChI=1S/C31H39NO5S/c1-4-15-38-29(34)37-32-18-20-5-7-21(8-6-20)26-17-30(2)27(13-14-31(30,35)19-36-3)25-11-9-22-16-23(33)10-12-24(22)28(25)26/h5-8,16,18,25-27,35H,4,9-15,17,19H2,1-3H3/b32-18+/t25-,26+,27-,30-,31+/m0/s1. The third-order valence-electron chi connectivity index (χ3n) is 9.53. The lowest BCUT2D eigenvalue weighted by molar-refractivity contribution is -0.128. The molecule has 2 saturated carbocycles. The van der Waals surface area contributed by atoms with Gasteiger partial charge in [0.25, 0.3) is 0 Å². The minimum Gasteiger partial charge on any atom is -0.387 e. The van der Waals surface area contributed by atoms with Gasteiger partial charge in [-0.3, -0.25) is 4.79 Å². The van der Waals surface area contributed by atoms with E-state index < -0.39 is 10.9 Å². The van der Waals surface area contributed by atoms with Crippen LogP contribution >= 0.6 is 11.8 Å². The van der Waals surface area contributed by atoms with Crippen molar-refractivity contribution < 1.29 is 24.3 Å². The van der Waals surface area contributed by atoms with Crippen LogP contribution in [0.2, 0.25) is 0 Å². The van der Waals surface area contributed by atoms with Gasteiger partial charge in [-0.15, -0.1) is 0 Å². The number of hydrogen-bond donors (Lipinski definition) is 1. The number of thioether (sulfide) groups is 1. The van der Waals surface area contributed by atoms with E-state index in [2.05, 4.69) is 24.2 Å². The Hall–Kier alpha value is -2.22. The second kappa shape index (κ2) is 11.1. The second-order valence-electron chi connectivity index (χ2n) is 11.6. The van der Waals surface area contributed by atoms with Crippen LogP contribution in [-0.2, 0) is 14.4 Å². The highest BCUT2D eigenvalue weighted by Crippen LogP contribution is 2.66. The smallest absolute Gasteiger partial charge is 0.387 e. The summed E-state index contributed by atoms with van der Waals surface area (Å²) in [4.78, 5) is 28.9. The average molecular weight is 538 g/mol.